The standard InChI is InChI=1S/C24H32N2O2/c1-6-22(24(28)25-17(2)3)26(16-21-14-10-8-12-19(21)5)23(27)15-20-13-9-7-11-18(20)4/h7-14,17,22H,6,15-16H2,1-5H3,(H,25,28)/t22-/m0/s1. The molecule has 0 radical (unpaired) electrons. The van der Waals surface area contributed by atoms with Crippen LogP contribution < -0.4 is 5.32 Å². The zero-order valence-electron chi connectivity index (χ0n) is 17.7. The van der Waals surface area contributed by atoms with Crippen LogP contribution in [0.5, 0.6) is 0 Å². The van der Waals surface area contributed by atoms with E-state index in [1.165, 1.54) is 0 Å². The lowest BCUT2D eigenvalue weighted by molar-refractivity contribution is -0.141. The first-order valence-electron chi connectivity index (χ1n) is 10.0. The molecule has 2 aromatic carbocycles. The van der Waals surface area contributed by atoms with Crippen LogP contribution >= 0.6 is 0 Å². The van der Waals surface area contributed by atoms with E-state index in [0.29, 0.717) is 19.4 Å². The number of hydrogen-bond donors (Lipinski definition) is 1. The average molecular weight is 381 g/mol. The fourth-order valence-electron chi connectivity index (χ4n) is 3.34. The van der Waals surface area contributed by atoms with Crippen LogP contribution in [0.2, 0.25) is 0 Å². The normalized spacial score (nSPS) is 11.9. The topological polar surface area (TPSA) is 49.4 Å². The molecule has 0 aliphatic carbocycles. The Balaban J connectivity index is 2.33. The Morgan fingerprint density at radius 2 is 1.46 bits per heavy atom. The Kier molecular flexibility index (Phi) is 7.80. The number of carbonyl (C=O) groups is 2. The molecule has 4 heteroatoms. The van der Waals surface area contributed by atoms with Crippen LogP contribution in [0.1, 0.15) is 49.4 Å². The molecule has 0 fully saturated rings. The van der Waals surface area contributed by atoms with Gasteiger partial charge in [-0.2, -0.15) is 0 Å². The first-order chi connectivity index (χ1) is 13.3. The monoisotopic (exact) mass is 380 g/mol. The third-order valence-corrected chi connectivity index (χ3v) is 5.02. The van der Waals surface area contributed by atoms with E-state index in [4.69, 9.17) is 0 Å². The van der Waals surface area contributed by atoms with Gasteiger partial charge in [0.25, 0.3) is 0 Å². The van der Waals surface area contributed by atoms with Crippen molar-refractivity contribution >= 4 is 11.8 Å². The van der Waals surface area contributed by atoms with Crippen LogP contribution in [0.25, 0.3) is 0 Å². The number of amides is 2. The summed E-state index contributed by atoms with van der Waals surface area (Å²) >= 11 is 0. The number of nitrogens with zero attached hydrogens (tertiary/aromatic N) is 1. The van der Waals surface area contributed by atoms with Gasteiger partial charge in [0.2, 0.25) is 11.8 Å². The van der Waals surface area contributed by atoms with Gasteiger partial charge in [-0.05, 0) is 56.4 Å². The SMILES string of the molecule is CC[C@@H](C(=O)NC(C)C)N(Cc1ccccc1C)C(=O)Cc1ccccc1C. The highest BCUT2D eigenvalue weighted by Crippen LogP contribution is 2.18. The summed E-state index contributed by atoms with van der Waals surface area (Å²) in [6.45, 7) is 10.3. The highest BCUT2D eigenvalue weighted by molar-refractivity contribution is 5.88. The molecule has 1 atom stereocenters. The van der Waals surface area contributed by atoms with Crippen LogP contribution in [-0.2, 0) is 22.6 Å². The predicted octanol–water partition coefficient (Wildman–Crippen LogP) is 4.18. The summed E-state index contributed by atoms with van der Waals surface area (Å²) < 4.78 is 0. The second kappa shape index (κ2) is 10.1. The van der Waals surface area contributed by atoms with Crippen LogP contribution in [0, 0.1) is 13.8 Å². The van der Waals surface area contributed by atoms with Gasteiger partial charge < -0.3 is 10.2 Å². The molecule has 0 bridgehead atoms. The summed E-state index contributed by atoms with van der Waals surface area (Å²) in [4.78, 5) is 27.9. The Bertz CT molecular complexity index is 814. The maximum absolute atomic E-state index is 13.3. The van der Waals surface area contributed by atoms with E-state index in [-0.39, 0.29) is 17.9 Å². The van der Waals surface area contributed by atoms with Crippen molar-refractivity contribution in [2.45, 2.75) is 66.1 Å². The highest BCUT2D eigenvalue weighted by Gasteiger charge is 2.29. The van der Waals surface area contributed by atoms with Gasteiger partial charge in [-0.15, -0.1) is 0 Å². The molecular formula is C24H32N2O2. The van der Waals surface area contributed by atoms with E-state index in [2.05, 4.69) is 5.32 Å². The van der Waals surface area contributed by atoms with Crippen molar-refractivity contribution < 1.29 is 9.59 Å². The zero-order chi connectivity index (χ0) is 20.7. The Morgan fingerprint density at radius 1 is 0.929 bits per heavy atom. The second-order valence-corrected chi connectivity index (χ2v) is 7.64. The maximum Gasteiger partial charge on any atom is 0.243 e. The average Bonchev–Trinajstić information content (AvgIpc) is 2.64. The molecule has 2 rings (SSSR count). The number of nitrogens with one attached hydrogen (secondary N) is 1. The first-order valence-corrected chi connectivity index (χ1v) is 10.0. The van der Waals surface area contributed by atoms with E-state index >= 15 is 0 Å². The first kappa shape index (κ1) is 21.7. The molecule has 0 saturated heterocycles. The highest BCUT2D eigenvalue weighted by atomic mass is 16.2. The van der Waals surface area contributed by atoms with Crippen molar-refractivity contribution in [1.29, 1.82) is 0 Å². The van der Waals surface area contributed by atoms with Gasteiger partial charge in [-0.25, -0.2) is 0 Å². The van der Waals surface area contributed by atoms with Crippen LogP contribution in [0.4, 0.5) is 0 Å². The molecule has 0 aliphatic heterocycles. The molecule has 0 spiro atoms. The molecule has 2 aromatic rings. The van der Waals surface area contributed by atoms with Crippen LogP contribution in [-0.4, -0.2) is 28.8 Å². The lowest BCUT2D eigenvalue weighted by Crippen LogP contribution is -2.50. The fraction of sp³-hybridized carbons (Fsp3) is 0.417. The molecular weight excluding hydrogens is 348 g/mol. The number of benzene rings is 2. The molecule has 0 saturated carbocycles. The fourth-order valence-corrected chi connectivity index (χ4v) is 3.34. The van der Waals surface area contributed by atoms with Gasteiger partial charge in [0, 0.05) is 12.6 Å². The van der Waals surface area contributed by atoms with Crippen molar-refractivity contribution in [2.24, 2.45) is 0 Å². The van der Waals surface area contributed by atoms with Crippen molar-refractivity contribution in [3.63, 3.8) is 0 Å². The zero-order valence-corrected chi connectivity index (χ0v) is 17.7. The van der Waals surface area contributed by atoms with Crippen LogP contribution in [0.15, 0.2) is 48.5 Å². The molecule has 0 aliphatic rings. The Labute approximate surface area is 169 Å². The van der Waals surface area contributed by atoms with Gasteiger partial charge in [0.15, 0.2) is 0 Å². The largest absolute Gasteiger partial charge is 0.352 e. The van der Waals surface area contributed by atoms with Crippen molar-refractivity contribution in [3.05, 3.63) is 70.8 Å². The molecule has 0 unspecified atom stereocenters. The minimum Gasteiger partial charge on any atom is -0.352 e. The van der Waals surface area contributed by atoms with E-state index in [1.54, 1.807) is 4.90 Å². The van der Waals surface area contributed by atoms with Gasteiger partial charge in [-0.3, -0.25) is 9.59 Å². The quantitative estimate of drug-likeness (QED) is 0.747. The summed E-state index contributed by atoms with van der Waals surface area (Å²) in [5.74, 6) is -0.118. The minimum atomic E-state index is -0.487. The smallest absolute Gasteiger partial charge is 0.243 e. The lowest BCUT2D eigenvalue weighted by atomic mass is 10.0. The molecule has 1 N–H and O–H groups in total. The summed E-state index contributed by atoms with van der Waals surface area (Å²) in [6.07, 6.45) is 0.869. The van der Waals surface area contributed by atoms with E-state index in [0.717, 1.165) is 22.3 Å². The van der Waals surface area contributed by atoms with Crippen molar-refractivity contribution in [1.82, 2.24) is 10.2 Å². The van der Waals surface area contributed by atoms with E-state index < -0.39 is 6.04 Å². The van der Waals surface area contributed by atoms with Gasteiger partial charge in [-0.1, -0.05) is 55.5 Å². The molecule has 4 nitrogen and oxygen atoms in total. The predicted molar refractivity (Wildman–Crippen MR) is 114 cm³/mol. The summed E-state index contributed by atoms with van der Waals surface area (Å²) in [6, 6.07) is 15.5. The maximum atomic E-state index is 13.3. The number of rotatable bonds is 8. The van der Waals surface area contributed by atoms with Crippen LogP contribution in [0.3, 0.4) is 0 Å². The van der Waals surface area contributed by atoms with E-state index in [1.807, 2.05) is 83.1 Å². The van der Waals surface area contributed by atoms with E-state index in [9.17, 15) is 9.59 Å². The lowest BCUT2D eigenvalue weighted by Gasteiger charge is -2.32. The molecule has 28 heavy (non-hydrogen) atoms. The van der Waals surface area contributed by atoms with Gasteiger partial charge in [0.05, 0.1) is 6.42 Å². The Hall–Kier alpha value is -2.62. The van der Waals surface area contributed by atoms with Crippen molar-refractivity contribution in [2.75, 3.05) is 0 Å². The third-order valence-electron chi connectivity index (χ3n) is 5.02. The molecule has 0 aromatic heterocycles. The third kappa shape index (κ3) is 5.69. The summed E-state index contributed by atoms with van der Waals surface area (Å²) in [7, 11) is 0. The summed E-state index contributed by atoms with van der Waals surface area (Å²) in [5, 5.41) is 2.97. The number of carbonyl (C=O) groups excluding carboxylic acids is 2. The van der Waals surface area contributed by atoms with Gasteiger partial charge >= 0.3 is 0 Å². The summed E-state index contributed by atoms with van der Waals surface area (Å²) in [5.41, 5.74) is 4.28. The minimum absolute atomic E-state index is 0.0247. The molecule has 2 amide bonds. The molecule has 0 heterocycles. The van der Waals surface area contributed by atoms with Crippen molar-refractivity contribution in [3.8, 4) is 0 Å². The molecule has 150 valence electrons. The second-order valence-electron chi connectivity index (χ2n) is 7.64. The van der Waals surface area contributed by atoms with Gasteiger partial charge in [0.1, 0.15) is 6.04 Å². The number of hydrogen-bond acceptors (Lipinski definition) is 2. The Morgan fingerprint density at radius 3 is 1.96 bits per heavy atom. The number of aryl methyl sites for hydroxylation is 2.